The predicted octanol–water partition coefficient (Wildman–Crippen LogP) is 4.06. The smallest absolute Gasteiger partial charge is 0.407 e. The Labute approximate surface area is 188 Å². The molecule has 0 unspecified atom stereocenters. The predicted molar refractivity (Wildman–Crippen MR) is 121 cm³/mol. The van der Waals surface area contributed by atoms with Gasteiger partial charge in [-0.05, 0) is 35.1 Å². The Morgan fingerprint density at radius 1 is 1.00 bits per heavy atom. The number of unbranched alkanes of at least 4 members (excludes halogenated alkanes) is 2. The first-order valence-electron chi connectivity index (χ1n) is 11.1. The van der Waals surface area contributed by atoms with Crippen LogP contribution in [0.5, 0.6) is 0 Å². The molecule has 1 aliphatic carbocycles. The number of carboxylic acid groups (broad SMARTS) is 1. The zero-order valence-corrected chi connectivity index (χ0v) is 18.3. The highest BCUT2D eigenvalue weighted by molar-refractivity contribution is 5.86. The van der Waals surface area contributed by atoms with Gasteiger partial charge in [0.1, 0.15) is 12.6 Å². The Morgan fingerprint density at radius 3 is 2.22 bits per heavy atom. The van der Waals surface area contributed by atoms with Crippen LogP contribution >= 0.6 is 0 Å². The van der Waals surface area contributed by atoms with Crippen molar-refractivity contribution in [2.75, 3.05) is 13.2 Å². The summed E-state index contributed by atoms with van der Waals surface area (Å²) in [6.07, 6.45) is 1.89. The van der Waals surface area contributed by atoms with E-state index in [2.05, 4.69) is 29.7 Å². The molecule has 0 saturated heterocycles. The molecule has 0 spiro atoms. The van der Waals surface area contributed by atoms with Crippen LogP contribution in [0.3, 0.4) is 0 Å². The minimum atomic E-state index is -1.02. The Morgan fingerprint density at radius 2 is 1.62 bits per heavy atom. The van der Waals surface area contributed by atoms with Crippen molar-refractivity contribution in [1.82, 2.24) is 10.6 Å². The number of fused-ring (bicyclic) bond motifs is 3. The number of carbonyl (C=O) groups excluding carboxylic acids is 2. The first-order valence-corrected chi connectivity index (χ1v) is 11.1. The third kappa shape index (κ3) is 5.87. The number of amides is 2. The molecule has 170 valence electrons. The summed E-state index contributed by atoms with van der Waals surface area (Å²) < 4.78 is 5.49. The molecule has 7 heteroatoms. The molecule has 0 aromatic heterocycles. The van der Waals surface area contributed by atoms with Gasteiger partial charge in [-0.15, -0.1) is 0 Å². The molecule has 1 atom stereocenters. The van der Waals surface area contributed by atoms with E-state index < -0.39 is 24.0 Å². The van der Waals surface area contributed by atoms with Gasteiger partial charge in [-0.3, -0.25) is 9.59 Å². The van der Waals surface area contributed by atoms with Crippen molar-refractivity contribution in [2.45, 2.75) is 51.0 Å². The molecule has 3 N–H and O–H groups in total. The van der Waals surface area contributed by atoms with Gasteiger partial charge >= 0.3 is 12.1 Å². The topological polar surface area (TPSA) is 105 Å². The molecule has 0 radical (unpaired) electrons. The maximum atomic E-state index is 12.5. The molecule has 2 aromatic rings. The van der Waals surface area contributed by atoms with Crippen LogP contribution in [0.25, 0.3) is 11.1 Å². The van der Waals surface area contributed by atoms with Crippen LogP contribution in [-0.4, -0.2) is 42.3 Å². The molecule has 7 nitrogen and oxygen atoms in total. The van der Waals surface area contributed by atoms with Crippen LogP contribution in [-0.2, 0) is 14.3 Å². The summed E-state index contributed by atoms with van der Waals surface area (Å²) in [4.78, 5) is 35.9. The van der Waals surface area contributed by atoms with Crippen molar-refractivity contribution >= 4 is 18.0 Å². The summed E-state index contributed by atoms with van der Waals surface area (Å²) in [5.74, 6) is -1.51. The van der Waals surface area contributed by atoms with E-state index in [-0.39, 0.29) is 25.4 Å². The van der Waals surface area contributed by atoms with E-state index in [1.54, 1.807) is 0 Å². The van der Waals surface area contributed by atoms with Gasteiger partial charge in [0, 0.05) is 18.9 Å². The van der Waals surface area contributed by atoms with E-state index in [4.69, 9.17) is 9.84 Å². The molecule has 0 aliphatic heterocycles. The maximum absolute atomic E-state index is 12.5. The fourth-order valence-corrected chi connectivity index (χ4v) is 4.03. The molecule has 3 rings (SSSR count). The zero-order chi connectivity index (χ0) is 22.9. The lowest BCUT2D eigenvalue weighted by Crippen LogP contribution is -2.47. The molecule has 32 heavy (non-hydrogen) atoms. The van der Waals surface area contributed by atoms with Crippen LogP contribution in [0.15, 0.2) is 48.5 Å². The molecule has 0 fully saturated rings. The van der Waals surface area contributed by atoms with E-state index in [0.717, 1.165) is 41.5 Å². The summed E-state index contributed by atoms with van der Waals surface area (Å²) in [6, 6.07) is 15.1. The van der Waals surface area contributed by atoms with Gasteiger partial charge in [0.2, 0.25) is 5.91 Å². The Balaban J connectivity index is 1.61. The minimum Gasteiger partial charge on any atom is -0.481 e. The molecule has 1 aliphatic rings. The summed E-state index contributed by atoms with van der Waals surface area (Å²) in [7, 11) is 0. The normalized spacial score (nSPS) is 13.0. The highest BCUT2D eigenvalue weighted by Crippen LogP contribution is 2.44. The van der Waals surface area contributed by atoms with Crippen molar-refractivity contribution in [2.24, 2.45) is 0 Å². The standard InChI is InChI=1S/C25H30N2O5/c1-2-3-8-15-26-24(30)22(13-14-23(28)29)27-25(31)32-16-21-19-11-6-4-9-17(19)18-10-5-7-12-20(18)21/h4-7,9-12,21-22H,2-3,8,13-16H2,1H3,(H,26,30)(H,27,31)(H,28,29)/t22-/m0/s1. The average Bonchev–Trinajstić information content (AvgIpc) is 3.11. The molecular formula is C25H30N2O5. The molecule has 0 bridgehead atoms. The zero-order valence-electron chi connectivity index (χ0n) is 18.3. The Bertz CT molecular complexity index is 913. The molecule has 2 amide bonds. The SMILES string of the molecule is CCCCCNC(=O)[C@H](CCC(=O)O)NC(=O)OCC1c2ccccc2-c2ccccc21. The minimum absolute atomic E-state index is 0.000853. The number of aliphatic carboxylic acids is 1. The van der Waals surface area contributed by atoms with Crippen LogP contribution in [0.4, 0.5) is 4.79 Å². The molecule has 0 saturated carbocycles. The third-order valence-corrected chi connectivity index (χ3v) is 5.68. The number of ether oxygens (including phenoxy) is 1. The summed E-state index contributed by atoms with van der Waals surface area (Å²) in [5.41, 5.74) is 4.45. The van der Waals surface area contributed by atoms with Crippen molar-refractivity contribution in [3.05, 3.63) is 59.7 Å². The van der Waals surface area contributed by atoms with Gasteiger partial charge in [-0.1, -0.05) is 68.3 Å². The molecule has 0 heterocycles. The van der Waals surface area contributed by atoms with Gasteiger partial charge in [0.25, 0.3) is 0 Å². The fraction of sp³-hybridized carbons (Fsp3) is 0.400. The van der Waals surface area contributed by atoms with Gasteiger partial charge in [0.15, 0.2) is 0 Å². The van der Waals surface area contributed by atoms with E-state index in [1.807, 2.05) is 36.4 Å². The number of hydrogen-bond acceptors (Lipinski definition) is 4. The number of benzene rings is 2. The number of nitrogens with one attached hydrogen (secondary N) is 2. The van der Waals surface area contributed by atoms with Crippen molar-refractivity contribution in [1.29, 1.82) is 0 Å². The number of alkyl carbamates (subject to hydrolysis) is 1. The van der Waals surface area contributed by atoms with Gasteiger partial charge in [-0.2, -0.15) is 0 Å². The van der Waals surface area contributed by atoms with Gasteiger partial charge < -0.3 is 20.5 Å². The summed E-state index contributed by atoms with van der Waals surface area (Å²) >= 11 is 0. The lowest BCUT2D eigenvalue weighted by Gasteiger charge is -2.19. The summed E-state index contributed by atoms with van der Waals surface area (Å²) in [5, 5.41) is 14.3. The maximum Gasteiger partial charge on any atom is 0.407 e. The highest BCUT2D eigenvalue weighted by Gasteiger charge is 2.29. The van der Waals surface area contributed by atoms with Gasteiger partial charge in [-0.25, -0.2) is 4.79 Å². The number of carbonyl (C=O) groups is 3. The molecule has 2 aromatic carbocycles. The second kappa shape index (κ2) is 11.3. The second-order valence-electron chi connectivity index (χ2n) is 7.95. The summed E-state index contributed by atoms with van der Waals surface area (Å²) in [6.45, 7) is 2.68. The van der Waals surface area contributed by atoms with Gasteiger partial charge in [0.05, 0.1) is 0 Å². The Kier molecular flexibility index (Phi) is 8.25. The van der Waals surface area contributed by atoms with Crippen molar-refractivity contribution in [3.8, 4) is 11.1 Å². The lowest BCUT2D eigenvalue weighted by molar-refractivity contribution is -0.137. The van der Waals surface area contributed by atoms with Crippen molar-refractivity contribution < 1.29 is 24.2 Å². The van der Waals surface area contributed by atoms with Crippen LogP contribution in [0.2, 0.25) is 0 Å². The van der Waals surface area contributed by atoms with E-state index >= 15 is 0 Å². The van der Waals surface area contributed by atoms with E-state index in [1.165, 1.54) is 0 Å². The monoisotopic (exact) mass is 438 g/mol. The average molecular weight is 439 g/mol. The van der Waals surface area contributed by atoms with Crippen LogP contribution in [0.1, 0.15) is 56.1 Å². The largest absolute Gasteiger partial charge is 0.481 e. The first kappa shape index (κ1) is 23.3. The highest BCUT2D eigenvalue weighted by atomic mass is 16.5. The molecular weight excluding hydrogens is 408 g/mol. The lowest BCUT2D eigenvalue weighted by atomic mass is 9.98. The number of carboxylic acids is 1. The van der Waals surface area contributed by atoms with Crippen LogP contribution < -0.4 is 10.6 Å². The number of rotatable bonds is 11. The van der Waals surface area contributed by atoms with Crippen LogP contribution in [0, 0.1) is 0 Å². The third-order valence-electron chi connectivity index (χ3n) is 5.68. The van der Waals surface area contributed by atoms with E-state index in [9.17, 15) is 14.4 Å². The number of hydrogen-bond donors (Lipinski definition) is 3. The quantitative estimate of drug-likeness (QED) is 0.459. The first-order chi connectivity index (χ1) is 15.5. The fourth-order valence-electron chi connectivity index (χ4n) is 4.03. The van der Waals surface area contributed by atoms with E-state index in [0.29, 0.717) is 6.54 Å². The second-order valence-corrected chi connectivity index (χ2v) is 7.95. The Hall–Kier alpha value is -3.35. The van der Waals surface area contributed by atoms with Crippen molar-refractivity contribution in [3.63, 3.8) is 0 Å².